The SMILES string of the molecule is C=CC(=O)N1C(=O)c2ccccc2O[C@]12C[C@H](C)CC[C@H]2C(C)C. The van der Waals surface area contributed by atoms with E-state index >= 15 is 0 Å². The zero-order valence-electron chi connectivity index (χ0n) is 14.6. The second kappa shape index (κ2) is 6.08. The summed E-state index contributed by atoms with van der Waals surface area (Å²) in [6, 6.07) is 7.19. The number of fused-ring (bicyclic) bond motifs is 1. The summed E-state index contributed by atoms with van der Waals surface area (Å²) in [7, 11) is 0. The largest absolute Gasteiger partial charge is 0.466 e. The van der Waals surface area contributed by atoms with Crippen LogP contribution in [0.25, 0.3) is 0 Å². The Morgan fingerprint density at radius 1 is 1.38 bits per heavy atom. The fourth-order valence-corrected chi connectivity index (χ4v) is 4.31. The number of imide groups is 1. The molecule has 128 valence electrons. The lowest BCUT2D eigenvalue weighted by molar-refractivity contribution is -0.172. The van der Waals surface area contributed by atoms with Crippen LogP contribution in [0.15, 0.2) is 36.9 Å². The second-order valence-corrected chi connectivity index (χ2v) is 7.36. The number of hydrogen-bond acceptors (Lipinski definition) is 3. The summed E-state index contributed by atoms with van der Waals surface area (Å²) in [5.41, 5.74) is -0.471. The van der Waals surface area contributed by atoms with Crippen LogP contribution < -0.4 is 4.74 Å². The molecule has 4 heteroatoms. The molecule has 0 saturated heterocycles. The molecule has 24 heavy (non-hydrogen) atoms. The molecule has 0 bridgehead atoms. The van der Waals surface area contributed by atoms with Gasteiger partial charge in [-0.1, -0.05) is 39.5 Å². The Morgan fingerprint density at radius 2 is 2.08 bits per heavy atom. The highest BCUT2D eigenvalue weighted by atomic mass is 16.5. The second-order valence-electron chi connectivity index (χ2n) is 7.36. The van der Waals surface area contributed by atoms with E-state index in [0.717, 1.165) is 12.8 Å². The molecule has 1 aromatic rings. The van der Waals surface area contributed by atoms with Gasteiger partial charge in [-0.2, -0.15) is 0 Å². The highest BCUT2D eigenvalue weighted by Crippen LogP contribution is 2.49. The van der Waals surface area contributed by atoms with Crippen molar-refractivity contribution in [2.75, 3.05) is 0 Å². The van der Waals surface area contributed by atoms with Crippen molar-refractivity contribution in [3.8, 4) is 5.75 Å². The van der Waals surface area contributed by atoms with Gasteiger partial charge in [-0.3, -0.25) is 9.59 Å². The molecule has 1 spiro atoms. The van der Waals surface area contributed by atoms with Gasteiger partial charge in [-0.15, -0.1) is 0 Å². The number of para-hydroxylation sites is 1. The number of benzene rings is 1. The Labute approximate surface area is 143 Å². The molecule has 1 heterocycles. The average Bonchev–Trinajstić information content (AvgIpc) is 2.54. The highest BCUT2D eigenvalue weighted by Gasteiger charge is 2.57. The minimum atomic E-state index is -0.914. The summed E-state index contributed by atoms with van der Waals surface area (Å²) >= 11 is 0. The van der Waals surface area contributed by atoms with E-state index in [1.165, 1.54) is 11.0 Å². The first-order chi connectivity index (χ1) is 11.4. The van der Waals surface area contributed by atoms with E-state index in [4.69, 9.17) is 4.74 Å². The fourth-order valence-electron chi connectivity index (χ4n) is 4.31. The van der Waals surface area contributed by atoms with E-state index in [0.29, 0.717) is 29.6 Å². The van der Waals surface area contributed by atoms with Crippen LogP contribution in [-0.4, -0.2) is 22.4 Å². The molecule has 4 nitrogen and oxygen atoms in total. The lowest BCUT2D eigenvalue weighted by Crippen LogP contribution is -2.67. The first-order valence-corrected chi connectivity index (χ1v) is 8.69. The van der Waals surface area contributed by atoms with Crippen molar-refractivity contribution >= 4 is 11.8 Å². The van der Waals surface area contributed by atoms with Gasteiger partial charge in [0.05, 0.1) is 5.56 Å². The molecule has 1 fully saturated rings. The van der Waals surface area contributed by atoms with Crippen LogP contribution in [0.1, 0.15) is 50.4 Å². The van der Waals surface area contributed by atoms with Crippen LogP contribution in [0.5, 0.6) is 5.75 Å². The third-order valence-corrected chi connectivity index (χ3v) is 5.38. The van der Waals surface area contributed by atoms with Crippen LogP contribution in [0.4, 0.5) is 0 Å². The number of hydrogen-bond donors (Lipinski definition) is 0. The molecule has 0 radical (unpaired) electrons. The molecule has 1 aromatic carbocycles. The molecule has 3 atom stereocenters. The number of rotatable bonds is 2. The van der Waals surface area contributed by atoms with Crippen LogP contribution in [0.3, 0.4) is 0 Å². The Balaban J connectivity index is 2.19. The zero-order valence-corrected chi connectivity index (χ0v) is 14.6. The lowest BCUT2D eigenvalue weighted by Gasteiger charge is -2.54. The van der Waals surface area contributed by atoms with E-state index in [-0.39, 0.29) is 17.7 Å². The van der Waals surface area contributed by atoms with Gasteiger partial charge in [-0.25, -0.2) is 4.90 Å². The molecular weight excluding hydrogens is 302 g/mol. The van der Waals surface area contributed by atoms with E-state index in [1.807, 2.05) is 12.1 Å². The fraction of sp³-hybridized carbons (Fsp3) is 0.500. The number of nitrogens with zero attached hydrogens (tertiary/aromatic N) is 1. The molecule has 1 aliphatic carbocycles. The monoisotopic (exact) mass is 327 g/mol. The normalized spacial score (nSPS) is 29.3. The number of ether oxygens (including phenoxy) is 1. The van der Waals surface area contributed by atoms with Crippen LogP contribution in [-0.2, 0) is 4.79 Å². The quantitative estimate of drug-likeness (QED) is 0.771. The molecule has 1 saturated carbocycles. The number of carbonyl (C=O) groups is 2. The van der Waals surface area contributed by atoms with Crippen molar-refractivity contribution in [1.82, 2.24) is 4.90 Å². The maximum absolute atomic E-state index is 13.1. The van der Waals surface area contributed by atoms with Gasteiger partial charge in [0.1, 0.15) is 5.75 Å². The Hall–Kier alpha value is -2.10. The Morgan fingerprint density at radius 3 is 2.75 bits per heavy atom. The Bertz CT molecular complexity index is 681. The highest BCUT2D eigenvalue weighted by molar-refractivity contribution is 6.10. The van der Waals surface area contributed by atoms with E-state index < -0.39 is 5.72 Å². The summed E-state index contributed by atoms with van der Waals surface area (Å²) in [4.78, 5) is 27.1. The van der Waals surface area contributed by atoms with Gasteiger partial charge in [-0.05, 0) is 42.9 Å². The average molecular weight is 327 g/mol. The minimum absolute atomic E-state index is 0.106. The predicted octanol–water partition coefficient (Wildman–Crippen LogP) is 4.02. The predicted molar refractivity (Wildman–Crippen MR) is 92.5 cm³/mol. The summed E-state index contributed by atoms with van der Waals surface area (Å²) in [6.07, 6.45) is 3.90. The van der Waals surface area contributed by atoms with Crippen molar-refractivity contribution in [3.63, 3.8) is 0 Å². The number of amides is 2. The molecule has 0 aromatic heterocycles. The minimum Gasteiger partial charge on any atom is -0.466 e. The maximum Gasteiger partial charge on any atom is 0.267 e. The van der Waals surface area contributed by atoms with Gasteiger partial charge in [0.15, 0.2) is 5.72 Å². The van der Waals surface area contributed by atoms with Gasteiger partial charge in [0, 0.05) is 12.3 Å². The van der Waals surface area contributed by atoms with E-state index in [9.17, 15) is 9.59 Å². The zero-order chi connectivity index (χ0) is 17.5. The molecule has 1 aliphatic heterocycles. The van der Waals surface area contributed by atoms with Crippen LogP contribution in [0.2, 0.25) is 0 Å². The standard InChI is InChI=1S/C20H25NO3/c1-5-18(22)21-19(23)15-8-6-7-9-17(15)24-20(21)12-14(4)10-11-16(20)13(2)3/h5-9,13-14,16H,1,10-12H2,2-4H3/t14-,16+,20+/m1/s1. The van der Waals surface area contributed by atoms with Gasteiger partial charge in [0.25, 0.3) is 11.8 Å². The van der Waals surface area contributed by atoms with Crippen molar-refractivity contribution < 1.29 is 14.3 Å². The molecule has 2 aliphatic rings. The van der Waals surface area contributed by atoms with Gasteiger partial charge < -0.3 is 4.74 Å². The first kappa shape index (κ1) is 16.7. The van der Waals surface area contributed by atoms with Gasteiger partial charge >= 0.3 is 0 Å². The molecule has 2 amide bonds. The third-order valence-electron chi connectivity index (χ3n) is 5.38. The van der Waals surface area contributed by atoms with E-state index in [2.05, 4.69) is 27.4 Å². The van der Waals surface area contributed by atoms with Gasteiger partial charge in [0.2, 0.25) is 0 Å². The molecular formula is C20H25NO3. The summed E-state index contributed by atoms with van der Waals surface area (Å²) < 4.78 is 6.45. The van der Waals surface area contributed by atoms with Crippen molar-refractivity contribution in [2.45, 2.75) is 45.8 Å². The number of carbonyl (C=O) groups excluding carboxylic acids is 2. The first-order valence-electron chi connectivity index (χ1n) is 8.69. The van der Waals surface area contributed by atoms with E-state index in [1.54, 1.807) is 12.1 Å². The van der Waals surface area contributed by atoms with Crippen molar-refractivity contribution in [1.29, 1.82) is 0 Å². The van der Waals surface area contributed by atoms with Crippen molar-refractivity contribution in [2.24, 2.45) is 17.8 Å². The summed E-state index contributed by atoms with van der Waals surface area (Å²) in [5, 5.41) is 0. The topological polar surface area (TPSA) is 46.6 Å². The maximum atomic E-state index is 13.1. The van der Waals surface area contributed by atoms with Crippen molar-refractivity contribution in [3.05, 3.63) is 42.5 Å². The summed E-state index contributed by atoms with van der Waals surface area (Å²) in [6.45, 7) is 10.0. The molecule has 3 rings (SSSR count). The summed E-state index contributed by atoms with van der Waals surface area (Å²) in [5.74, 6) is 0.717. The van der Waals surface area contributed by atoms with Crippen LogP contribution in [0, 0.1) is 17.8 Å². The van der Waals surface area contributed by atoms with Crippen LogP contribution >= 0.6 is 0 Å². The Kier molecular flexibility index (Phi) is 4.24. The third kappa shape index (κ3) is 2.45. The molecule has 0 N–H and O–H groups in total. The smallest absolute Gasteiger partial charge is 0.267 e. The molecule has 0 unspecified atom stereocenters. The lowest BCUT2D eigenvalue weighted by atomic mass is 9.69.